The molecular formula is C21H20FN5O2. The van der Waals surface area contributed by atoms with Gasteiger partial charge in [-0.3, -0.25) is 19.6 Å². The van der Waals surface area contributed by atoms with Crippen molar-refractivity contribution in [2.75, 3.05) is 31.1 Å². The van der Waals surface area contributed by atoms with Gasteiger partial charge in [0.25, 0.3) is 11.8 Å². The Balaban J connectivity index is 1.27. The largest absolute Gasteiger partial charge is 0.352 e. The first-order chi connectivity index (χ1) is 14.1. The number of nitrogens with one attached hydrogen (secondary N) is 2. The number of carbonyl (C=O) groups excluding carboxylic acids is 2. The minimum absolute atomic E-state index is 0.111. The molecule has 0 bridgehead atoms. The highest BCUT2D eigenvalue weighted by Gasteiger charge is 2.35. The fraction of sp³-hybridized carbons (Fsp3) is 0.286. The Morgan fingerprint density at radius 1 is 1.10 bits per heavy atom. The molecule has 0 aliphatic carbocycles. The molecule has 5 rings (SSSR count). The van der Waals surface area contributed by atoms with Crippen molar-refractivity contribution in [2.45, 2.75) is 12.5 Å². The second-order valence-electron chi connectivity index (χ2n) is 7.43. The molecule has 2 aliphatic rings. The molecule has 2 aromatic carbocycles. The zero-order valence-electron chi connectivity index (χ0n) is 15.7. The summed E-state index contributed by atoms with van der Waals surface area (Å²) in [5.41, 5.74) is 1.62. The third-order valence-electron chi connectivity index (χ3n) is 5.64. The Labute approximate surface area is 166 Å². The third-order valence-corrected chi connectivity index (χ3v) is 5.64. The maximum atomic E-state index is 13.4. The molecule has 1 saturated heterocycles. The summed E-state index contributed by atoms with van der Waals surface area (Å²) in [4.78, 5) is 28.6. The van der Waals surface area contributed by atoms with Crippen LogP contribution < -0.4 is 10.2 Å². The summed E-state index contributed by atoms with van der Waals surface area (Å²) in [6.07, 6.45) is 0.652. The molecule has 1 atom stereocenters. The van der Waals surface area contributed by atoms with Gasteiger partial charge in [-0.2, -0.15) is 5.10 Å². The Hall–Kier alpha value is -3.26. The molecule has 0 spiro atoms. The van der Waals surface area contributed by atoms with Crippen LogP contribution in [0.15, 0.2) is 42.5 Å². The van der Waals surface area contributed by atoms with Crippen molar-refractivity contribution in [1.29, 1.82) is 0 Å². The lowest BCUT2D eigenvalue weighted by Crippen LogP contribution is -2.52. The van der Waals surface area contributed by atoms with E-state index in [1.165, 1.54) is 17.0 Å². The summed E-state index contributed by atoms with van der Waals surface area (Å²) >= 11 is 0. The molecule has 1 aromatic heterocycles. The number of halogens is 1. The monoisotopic (exact) mass is 393 g/mol. The number of hydrogen-bond acceptors (Lipinski definition) is 5. The number of piperazine rings is 1. The molecule has 2 amide bonds. The number of benzene rings is 2. The van der Waals surface area contributed by atoms with E-state index in [0.29, 0.717) is 36.2 Å². The van der Waals surface area contributed by atoms with Crippen molar-refractivity contribution >= 4 is 28.5 Å². The molecule has 1 fully saturated rings. The number of carbonyl (C=O) groups is 2. The van der Waals surface area contributed by atoms with Gasteiger partial charge in [0.05, 0.1) is 16.6 Å². The Kier molecular flexibility index (Phi) is 4.28. The number of H-pyrrole nitrogens is 1. The molecule has 3 heterocycles. The van der Waals surface area contributed by atoms with Crippen LogP contribution in [0.25, 0.3) is 10.9 Å². The second-order valence-corrected chi connectivity index (χ2v) is 7.43. The van der Waals surface area contributed by atoms with Gasteiger partial charge in [-0.1, -0.05) is 12.1 Å². The average molecular weight is 393 g/mol. The topological polar surface area (TPSA) is 81.3 Å². The minimum Gasteiger partial charge on any atom is -0.352 e. The van der Waals surface area contributed by atoms with E-state index in [1.807, 2.05) is 0 Å². The lowest BCUT2D eigenvalue weighted by atomic mass is 10.1. The van der Waals surface area contributed by atoms with E-state index < -0.39 is 0 Å². The van der Waals surface area contributed by atoms with Crippen molar-refractivity contribution in [3.8, 4) is 0 Å². The van der Waals surface area contributed by atoms with Crippen LogP contribution >= 0.6 is 0 Å². The molecule has 1 unspecified atom stereocenters. The van der Waals surface area contributed by atoms with Gasteiger partial charge < -0.3 is 10.2 Å². The molecule has 3 aromatic rings. The first kappa shape index (κ1) is 17.8. The number of hydrogen-bond donors (Lipinski definition) is 2. The van der Waals surface area contributed by atoms with Crippen LogP contribution in [0, 0.1) is 5.82 Å². The molecular weight excluding hydrogens is 373 g/mol. The van der Waals surface area contributed by atoms with E-state index in [1.54, 1.807) is 30.3 Å². The van der Waals surface area contributed by atoms with E-state index in [2.05, 4.69) is 20.4 Å². The predicted molar refractivity (Wildman–Crippen MR) is 106 cm³/mol. The van der Waals surface area contributed by atoms with Crippen LogP contribution in [0.4, 0.5) is 10.2 Å². The Bertz CT molecular complexity index is 1080. The molecule has 2 aliphatic heterocycles. The first-order valence-electron chi connectivity index (χ1n) is 9.69. The van der Waals surface area contributed by atoms with Gasteiger partial charge in [-0.15, -0.1) is 0 Å². The van der Waals surface area contributed by atoms with E-state index in [9.17, 15) is 14.0 Å². The van der Waals surface area contributed by atoms with Crippen LogP contribution in [0.5, 0.6) is 0 Å². The lowest BCUT2D eigenvalue weighted by molar-refractivity contribution is 0.0648. The fourth-order valence-electron chi connectivity index (χ4n) is 4.16. The highest BCUT2D eigenvalue weighted by atomic mass is 19.1. The van der Waals surface area contributed by atoms with Crippen LogP contribution in [0.3, 0.4) is 0 Å². The second kappa shape index (κ2) is 6.97. The summed E-state index contributed by atoms with van der Waals surface area (Å²) in [7, 11) is 0. The Morgan fingerprint density at radius 2 is 1.86 bits per heavy atom. The number of aromatic nitrogens is 2. The van der Waals surface area contributed by atoms with Crippen molar-refractivity contribution in [3.05, 3.63) is 59.4 Å². The summed E-state index contributed by atoms with van der Waals surface area (Å²) in [5.74, 6) is 0.0521. The molecule has 29 heavy (non-hydrogen) atoms. The summed E-state index contributed by atoms with van der Waals surface area (Å²) in [6, 6.07) is 11.7. The van der Waals surface area contributed by atoms with E-state index >= 15 is 0 Å². The van der Waals surface area contributed by atoms with Gasteiger partial charge in [-0.05, 0) is 36.8 Å². The number of imide groups is 1. The Morgan fingerprint density at radius 3 is 2.62 bits per heavy atom. The number of nitrogens with zero attached hydrogens (tertiary/aromatic N) is 3. The van der Waals surface area contributed by atoms with E-state index in [-0.39, 0.29) is 23.7 Å². The highest BCUT2D eigenvalue weighted by Crippen LogP contribution is 2.26. The highest BCUT2D eigenvalue weighted by molar-refractivity contribution is 6.21. The molecule has 0 radical (unpaired) electrons. The van der Waals surface area contributed by atoms with Crippen molar-refractivity contribution in [2.24, 2.45) is 0 Å². The summed E-state index contributed by atoms with van der Waals surface area (Å²) in [6.45, 7) is 2.61. The number of aromatic amines is 1. The van der Waals surface area contributed by atoms with Gasteiger partial charge in [0.15, 0.2) is 5.82 Å². The number of amides is 2. The smallest absolute Gasteiger partial charge is 0.261 e. The van der Waals surface area contributed by atoms with Gasteiger partial charge >= 0.3 is 0 Å². The van der Waals surface area contributed by atoms with Gasteiger partial charge in [-0.25, -0.2) is 4.39 Å². The predicted octanol–water partition coefficient (Wildman–Crippen LogP) is 2.17. The van der Waals surface area contributed by atoms with Crippen LogP contribution in [-0.2, 0) is 0 Å². The summed E-state index contributed by atoms with van der Waals surface area (Å²) in [5, 5.41) is 11.6. The SMILES string of the molecule is O=C1c2ccccc2C(=O)N1CCC1CN(c2n[nH]c3cc(F)ccc23)CCN1. The van der Waals surface area contributed by atoms with Crippen LogP contribution in [0.1, 0.15) is 27.1 Å². The van der Waals surface area contributed by atoms with Gasteiger partial charge in [0, 0.05) is 37.6 Å². The minimum atomic E-state index is -0.299. The van der Waals surface area contributed by atoms with Crippen molar-refractivity contribution < 1.29 is 14.0 Å². The number of fused-ring (bicyclic) bond motifs is 2. The molecule has 8 heteroatoms. The van der Waals surface area contributed by atoms with Gasteiger partial charge in [0.1, 0.15) is 5.82 Å². The quantitative estimate of drug-likeness (QED) is 0.664. The third kappa shape index (κ3) is 3.05. The standard InChI is InChI=1S/C21H20FN5O2/c22-13-5-6-17-18(11-13)24-25-19(17)26-10-8-23-14(12-26)7-9-27-20(28)15-3-1-2-4-16(15)21(27)29/h1-6,11,14,23H,7-10,12H2,(H,24,25). The lowest BCUT2D eigenvalue weighted by Gasteiger charge is -2.34. The first-order valence-corrected chi connectivity index (χ1v) is 9.69. The zero-order chi connectivity index (χ0) is 20.0. The average Bonchev–Trinajstić information content (AvgIpc) is 3.26. The van der Waals surface area contributed by atoms with Crippen molar-refractivity contribution in [1.82, 2.24) is 20.4 Å². The fourth-order valence-corrected chi connectivity index (χ4v) is 4.16. The summed E-state index contributed by atoms with van der Waals surface area (Å²) < 4.78 is 13.4. The molecule has 2 N–H and O–H groups in total. The molecule has 7 nitrogen and oxygen atoms in total. The number of rotatable bonds is 4. The number of anilines is 1. The van der Waals surface area contributed by atoms with Crippen LogP contribution in [-0.4, -0.2) is 59.1 Å². The van der Waals surface area contributed by atoms with Crippen LogP contribution in [0.2, 0.25) is 0 Å². The van der Waals surface area contributed by atoms with E-state index in [4.69, 9.17) is 0 Å². The zero-order valence-corrected chi connectivity index (χ0v) is 15.7. The maximum absolute atomic E-state index is 13.4. The van der Waals surface area contributed by atoms with Gasteiger partial charge in [0.2, 0.25) is 0 Å². The van der Waals surface area contributed by atoms with E-state index in [0.717, 1.165) is 24.3 Å². The molecule has 0 saturated carbocycles. The normalized spacial score (nSPS) is 19.3. The van der Waals surface area contributed by atoms with Crippen molar-refractivity contribution in [3.63, 3.8) is 0 Å². The molecule has 148 valence electrons. The maximum Gasteiger partial charge on any atom is 0.261 e.